The molecule has 4 nitrogen and oxygen atoms in total. The zero-order valence-electron chi connectivity index (χ0n) is 10.9. The van der Waals surface area contributed by atoms with Crippen molar-refractivity contribution in [2.45, 2.75) is 38.8 Å². The highest BCUT2D eigenvalue weighted by molar-refractivity contribution is 5.82. The van der Waals surface area contributed by atoms with Gasteiger partial charge in [-0.05, 0) is 32.4 Å². The molecule has 1 heterocycles. The van der Waals surface area contributed by atoms with E-state index in [9.17, 15) is 4.79 Å². The van der Waals surface area contributed by atoms with Crippen LogP contribution in [0.4, 0.5) is 0 Å². The normalized spacial score (nSPS) is 24.5. The van der Waals surface area contributed by atoms with Crippen LogP contribution in [-0.2, 0) is 4.79 Å². The summed E-state index contributed by atoms with van der Waals surface area (Å²) < 4.78 is 0. The van der Waals surface area contributed by atoms with E-state index in [0.717, 1.165) is 25.9 Å². The Kier molecular flexibility index (Phi) is 4.74. The Morgan fingerprint density at radius 1 is 1.50 bits per heavy atom. The number of hydrogen-bond donors (Lipinski definition) is 1. The number of carbonyl (C=O) groups excluding carboxylic acids is 1. The number of nitrogens with zero attached hydrogens (tertiary/aromatic N) is 2. The molecule has 0 aromatic carbocycles. The van der Waals surface area contributed by atoms with E-state index in [4.69, 9.17) is 5.73 Å². The van der Waals surface area contributed by atoms with Gasteiger partial charge in [-0.15, -0.1) is 0 Å². The van der Waals surface area contributed by atoms with Crippen molar-refractivity contribution in [1.82, 2.24) is 9.80 Å². The lowest BCUT2D eigenvalue weighted by Gasteiger charge is -2.37. The van der Waals surface area contributed by atoms with Crippen molar-refractivity contribution in [3.8, 4) is 0 Å². The lowest BCUT2D eigenvalue weighted by atomic mass is 10.0. The molecule has 0 spiro atoms. The second-order valence-electron chi connectivity index (χ2n) is 5.28. The Balaban J connectivity index is 2.55. The van der Waals surface area contributed by atoms with Gasteiger partial charge in [0.15, 0.2) is 0 Å². The van der Waals surface area contributed by atoms with E-state index in [1.54, 1.807) is 0 Å². The van der Waals surface area contributed by atoms with Crippen molar-refractivity contribution < 1.29 is 4.79 Å². The molecule has 4 heteroatoms. The third-order valence-electron chi connectivity index (χ3n) is 3.50. The maximum atomic E-state index is 12.1. The van der Waals surface area contributed by atoms with E-state index in [0.29, 0.717) is 6.04 Å². The summed E-state index contributed by atoms with van der Waals surface area (Å²) in [5, 5.41) is 0. The molecule has 0 radical (unpaired) electrons. The van der Waals surface area contributed by atoms with Gasteiger partial charge in [0.2, 0.25) is 5.91 Å². The maximum Gasteiger partial charge on any atom is 0.239 e. The molecule has 0 saturated carbocycles. The fraction of sp³-hybridized carbons (Fsp3) is 0.917. The predicted molar refractivity (Wildman–Crippen MR) is 66.1 cm³/mol. The Bertz CT molecular complexity index is 242. The van der Waals surface area contributed by atoms with Crippen LogP contribution in [-0.4, -0.2) is 55.0 Å². The van der Waals surface area contributed by atoms with Crippen molar-refractivity contribution in [3.05, 3.63) is 0 Å². The van der Waals surface area contributed by atoms with E-state index >= 15 is 0 Å². The smallest absolute Gasteiger partial charge is 0.239 e. The number of nitrogens with two attached hydrogens (primary N) is 1. The third-order valence-corrected chi connectivity index (χ3v) is 3.50. The average molecular weight is 227 g/mol. The van der Waals surface area contributed by atoms with Crippen LogP contribution >= 0.6 is 0 Å². The van der Waals surface area contributed by atoms with E-state index < -0.39 is 0 Å². The van der Waals surface area contributed by atoms with Crippen LogP contribution in [0.5, 0.6) is 0 Å². The molecule has 2 atom stereocenters. The molecule has 2 N–H and O–H groups in total. The summed E-state index contributed by atoms with van der Waals surface area (Å²) in [6, 6.07) is -0.0340. The Hall–Kier alpha value is -0.610. The van der Waals surface area contributed by atoms with Crippen LogP contribution < -0.4 is 5.73 Å². The van der Waals surface area contributed by atoms with Gasteiger partial charge in [0.05, 0.1) is 6.04 Å². The summed E-state index contributed by atoms with van der Waals surface area (Å²) in [6.45, 7) is 6.08. The van der Waals surface area contributed by atoms with E-state index in [2.05, 4.69) is 11.9 Å². The molecule has 94 valence electrons. The predicted octanol–water partition coefficient (Wildman–Crippen LogP) is 0.522. The summed E-state index contributed by atoms with van der Waals surface area (Å²) in [5.41, 5.74) is 5.90. The molecule has 0 aromatic rings. The first-order chi connectivity index (χ1) is 7.43. The quantitative estimate of drug-likeness (QED) is 0.765. The van der Waals surface area contributed by atoms with Crippen molar-refractivity contribution in [1.29, 1.82) is 0 Å². The molecular formula is C12H25N3O. The largest absolute Gasteiger partial charge is 0.340 e. The molecule has 1 aliphatic rings. The van der Waals surface area contributed by atoms with Crippen molar-refractivity contribution in [3.63, 3.8) is 0 Å². The highest BCUT2D eigenvalue weighted by Crippen LogP contribution is 2.15. The number of amides is 1. The molecule has 0 bridgehead atoms. The van der Waals surface area contributed by atoms with Crippen molar-refractivity contribution in [2.24, 2.45) is 11.7 Å². The second-order valence-corrected chi connectivity index (χ2v) is 5.28. The molecule has 1 amide bonds. The fourth-order valence-corrected chi connectivity index (χ4v) is 2.16. The number of rotatable bonds is 3. The Labute approximate surface area is 98.8 Å². The highest BCUT2D eigenvalue weighted by Gasteiger charge is 2.28. The van der Waals surface area contributed by atoms with Crippen LogP contribution in [0, 0.1) is 5.92 Å². The van der Waals surface area contributed by atoms with Gasteiger partial charge in [-0.1, -0.05) is 13.8 Å². The van der Waals surface area contributed by atoms with E-state index in [1.165, 1.54) is 0 Å². The third kappa shape index (κ3) is 3.19. The first-order valence-corrected chi connectivity index (χ1v) is 6.14. The molecule has 16 heavy (non-hydrogen) atoms. The monoisotopic (exact) mass is 227 g/mol. The van der Waals surface area contributed by atoms with Crippen molar-refractivity contribution in [2.75, 3.05) is 27.2 Å². The van der Waals surface area contributed by atoms with Gasteiger partial charge in [0, 0.05) is 19.6 Å². The minimum absolute atomic E-state index is 0.0790. The summed E-state index contributed by atoms with van der Waals surface area (Å²) in [6.07, 6.45) is 2.26. The van der Waals surface area contributed by atoms with Gasteiger partial charge in [-0.2, -0.15) is 0 Å². The molecule has 1 aliphatic heterocycles. The average Bonchev–Trinajstić information content (AvgIpc) is 2.26. The van der Waals surface area contributed by atoms with Crippen LogP contribution in [0.15, 0.2) is 0 Å². The van der Waals surface area contributed by atoms with Gasteiger partial charge < -0.3 is 15.5 Å². The number of likely N-dealkylation sites (N-methyl/N-ethyl adjacent to an activating group) is 2. The van der Waals surface area contributed by atoms with Crippen molar-refractivity contribution >= 4 is 5.91 Å². The standard InChI is InChI=1S/C12H25N3O/c1-9(2)11(13)12(16)15(4)10-6-5-7-14(3)8-10/h9-11H,5-8,13H2,1-4H3/t10-,11+/m1/s1. The van der Waals surface area contributed by atoms with Gasteiger partial charge >= 0.3 is 0 Å². The first-order valence-electron chi connectivity index (χ1n) is 6.14. The molecule has 0 unspecified atom stereocenters. The van der Waals surface area contributed by atoms with Gasteiger partial charge in [-0.3, -0.25) is 4.79 Å². The summed E-state index contributed by atoms with van der Waals surface area (Å²) >= 11 is 0. The number of piperidine rings is 1. The summed E-state index contributed by atoms with van der Waals surface area (Å²) in [4.78, 5) is 16.2. The molecule has 1 rings (SSSR count). The first kappa shape index (κ1) is 13.5. The number of likely N-dealkylation sites (tertiary alicyclic amines) is 1. The van der Waals surface area contributed by atoms with Gasteiger partial charge in [0.1, 0.15) is 0 Å². The number of carbonyl (C=O) groups is 1. The SMILES string of the molecule is CC(C)[C@H](N)C(=O)N(C)[C@@H]1CCCN(C)C1. The van der Waals surface area contributed by atoms with Gasteiger partial charge in [-0.25, -0.2) is 0 Å². The maximum absolute atomic E-state index is 12.1. The molecule has 1 fully saturated rings. The highest BCUT2D eigenvalue weighted by atomic mass is 16.2. The van der Waals surface area contributed by atoms with Crippen LogP contribution in [0.3, 0.4) is 0 Å². The lowest BCUT2D eigenvalue weighted by Crippen LogP contribution is -2.53. The zero-order chi connectivity index (χ0) is 12.3. The minimum Gasteiger partial charge on any atom is -0.340 e. The second kappa shape index (κ2) is 5.64. The Morgan fingerprint density at radius 3 is 2.62 bits per heavy atom. The van der Waals surface area contributed by atoms with Crippen LogP contribution in [0.25, 0.3) is 0 Å². The molecular weight excluding hydrogens is 202 g/mol. The van der Waals surface area contributed by atoms with Crippen LogP contribution in [0.1, 0.15) is 26.7 Å². The van der Waals surface area contributed by atoms with E-state index in [1.807, 2.05) is 25.8 Å². The van der Waals surface area contributed by atoms with E-state index in [-0.39, 0.29) is 17.9 Å². The lowest BCUT2D eigenvalue weighted by molar-refractivity contribution is -0.135. The van der Waals surface area contributed by atoms with Gasteiger partial charge in [0.25, 0.3) is 0 Å². The number of hydrogen-bond acceptors (Lipinski definition) is 3. The minimum atomic E-state index is -0.364. The summed E-state index contributed by atoms with van der Waals surface area (Å²) in [5.74, 6) is 0.284. The fourth-order valence-electron chi connectivity index (χ4n) is 2.16. The zero-order valence-corrected chi connectivity index (χ0v) is 10.9. The molecule has 1 saturated heterocycles. The molecule has 0 aliphatic carbocycles. The van der Waals surface area contributed by atoms with Crippen LogP contribution in [0.2, 0.25) is 0 Å². The summed E-state index contributed by atoms with van der Waals surface area (Å²) in [7, 11) is 3.99. The Morgan fingerprint density at radius 2 is 2.12 bits per heavy atom. The molecule has 0 aromatic heterocycles. The topological polar surface area (TPSA) is 49.6 Å².